The van der Waals surface area contributed by atoms with Gasteiger partial charge in [0, 0.05) is 5.75 Å². The molecule has 0 aliphatic carbocycles. The minimum absolute atomic E-state index is 0.175. The van der Waals surface area contributed by atoms with Gasteiger partial charge in [-0.05, 0) is 17.5 Å². The number of hydrogen-bond acceptors (Lipinski definition) is 5. The fourth-order valence-corrected chi connectivity index (χ4v) is 1.97. The molecule has 6 heteroatoms. The van der Waals surface area contributed by atoms with Crippen molar-refractivity contribution in [2.75, 3.05) is 12.9 Å². The molecule has 84 valence electrons. The molecule has 0 saturated carbocycles. The average Bonchev–Trinajstić information content (AvgIpc) is 2.25. The third-order valence-electron chi connectivity index (χ3n) is 1.94. The maximum atomic E-state index is 5.72. The lowest BCUT2D eigenvalue weighted by molar-refractivity contribution is 0.373. The van der Waals surface area contributed by atoms with Crippen molar-refractivity contribution in [3.8, 4) is 6.01 Å². The molecule has 1 aromatic heterocycles. The Morgan fingerprint density at radius 2 is 2.13 bits per heavy atom. The summed E-state index contributed by atoms with van der Waals surface area (Å²) in [4.78, 5) is 11.9. The van der Waals surface area contributed by atoms with Gasteiger partial charge in [-0.2, -0.15) is 15.0 Å². The van der Waals surface area contributed by atoms with E-state index in [0.717, 1.165) is 12.2 Å². The van der Waals surface area contributed by atoms with Crippen molar-refractivity contribution >= 4 is 23.4 Å². The third kappa shape index (κ3) is 4.22. The summed E-state index contributed by atoms with van der Waals surface area (Å²) < 4.78 is 4.91. The predicted octanol–water partition coefficient (Wildman–Crippen LogP) is 2.67. The number of thioether (sulfide) groups is 1. The van der Waals surface area contributed by atoms with E-state index in [-0.39, 0.29) is 11.3 Å². The monoisotopic (exact) mass is 247 g/mol. The van der Waals surface area contributed by atoms with Crippen LogP contribution in [0.15, 0.2) is 5.16 Å². The van der Waals surface area contributed by atoms with E-state index in [1.54, 1.807) is 11.8 Å². The summed E-state index contributed by atoms with van der Waals surface area (Å²) in [6.45, 7) is 4.35. The van der Waals surface area contributed by atoms with E-state index in [1.807, 2.05) is 0 Å². The van der Waals surface area contributed by atoms with Crippen LogP contribution in [0.1, 0.15) is 20.3 Å². The Kier molecular flexibility index (Phi) is 5.11. The molecule has 1 atom stereocenters. The molecule has 1 rings (SSSR count). The molecular formula is C9H14ClN3OS. The second kappa shape index (κ2) is 6.12. The number of halogens is 1. The first kappa shape index (κ1) is 12.5. The van der Waals surface area contributed by atoms with Crippen LogP contribution in [0.5, 0.6) is 6.01 Å². The van der Waals surface area contributed by atoms with E-state index < -0.39 is 0 Å². The fourth-order valence-electron chi connectivity index (χ4n) is 0.805. The van der Waals surface area contributed by atoms with E-state index >= 15 is 0 Å². The van der Waals surface area contributed by atoms with Crippen LogP contribution in [0.3, 0.4) is 0 Å². The summed E-state index contributed by atoms with van der Waals surface area (Å²) in [5.41, 5.74) is 0. The van der Waals surface area contributed by atoms with Gasteiger partial charge in [-0.1, -0.05) is 32.0 Å². The molecule has 1 aromatic rings. The van der Waals surface area contributed by atoms with Gasteiger partial charge in [-0.3, -0.25) is 0 Å². The van der Waals surface area contributed by atoms with Crippen molar-refractivity contribution in [3.05, 3.63) is 5.28 Å². The van der Waals surface area contributed by atoms with Crippen molar-refractivity contribution < 1.29 is 4.74 Å². The van der Waals surface area contributed by atoms with Crippen LogP contribution in [0, 0.1) is 5.92 Å². The molecule has 0 aliphatic rings. The number of aromatic nitrogens is 3. The van der Waals surface area contributed by atoms with E-state index in [0.29, 0.717) is 11.1 Å². The predicted molar refractivity (Wildman–Crippen MR) is 61.6 cm³/mol. The van der Waals surface area contributed by atoms with Gasteiger partial charge in [0.1, 0.15) is 0 Å². The second-order valence-corrected chi connectivity index (χ2v) is 4.52. The lowest BCUT2D eigenvalue weighted by Gasteiger charge is -2.06. The zero-order chi connectivity index (χ0) is 11.3. The van der Waals surface area contributed by atoms with Crippen molar-refractivity contribution in [2.45, 2.75) is 25.4 Å². The van der Waals surface area contributed by atoms with Gasteiger partial charge >= 0.3 is 6.01 Å². The molecule has 1 heterocycles. The van der Waals surface area contributed by atoms with Crippen LogP contribution in [-0.4, -0.2) is 27.8 Å². The molecule has 0 radical (unpaired) electrons. The Labute approximate surface area is 98.8 Å². The zero-order valence-corrected chi connectivity index (χ0v) is 10.6. The molecule has 4 nitrogen and oxygen atoms in total. The van der Waals surface area contributed by atoms with Gasteiger partial charge in [0.15, 0.2) is 5.16 Å². The fraction of sp³-hybridized carbons (Fsp3) is 0.667. The van der Waals surface area contributed by atoms with Crippen LogP contribution < -0.4 is 4.74 Å². The van der Waals surface area contributed by atoms with E-state index in [9.17, 15) is 0 Å². The normalized spacial score (nSPS) is 12.5. The Hall–Kier alpha value is -0.550. The molecule has 0 aromatic carbocycles. The topological polar surface area (TPSA) is 47.9 Å². The van der Waals surface area contributed by atoms with E-state index in [2.05, 4.69) is 28.8 Å². The largest absolute Gasteiger partial charge is 0.467 e. The third-order valence-corrected chi connectivity index (χ3v) is 3.29. The van der Waals surface area contributed by atoms with Crippen LogP contribution in [0.25, 0.3) is 0 Å². The first-order chi connectivity index (χ1) is 7.15. The van der Waals surface area contributed by atoms with Gasteiger partial charge in [-0.25, -0.2) is 0 Å². The maximum absolute atomic E-state index is 5.72. The van der Waals surface area contributed by atoms with Crippen molar-refractivity contribution in [1.29, 1.82) is 0 Å². The lowest BCUT2D eigenvalue weighted by Crippen LogP contribution is -2.00. The Balaban J connectivity index is 2.64. The highest BCUT2D eigenvalue weighted by Gasteiger charge is 2.07. The molecular weight excluding hydrogens is 234 g/mol. The van der Waals surface area contributed by atoms with Crippen molar-refractivity contribution in [3.63, 3.8) is 0 Å². The SMILES string of the molecule is CCC(C)CSc1nc(Cl)nc(OC)n1. The standard InChI is InChI=1S/C9H14ClN3OS/c1-4-6(2)5-15-9-12-7(10)11-8(13-9)14-3/h6H,4-5H2,1-3H3. The molecule has 0 fully saturated rings. The van der Waals surface area contributed by atoms with Gasteiger partial charge in [0.25, 0.3) is 0 Å². The number of methoxy groups -OCH3 is 1. The van der Waals surface area contributed by atoms with Crippen LogP contribution in [0.2, 0.25) is 5.28 Å². The quantitative estimate of drug-likeness (QED) is 0.749. The minimum atomic E-state index is 0.175. The summed E-state index contributed by atoms with van der Waals surface area (Å²) in [5, 5.41) is 0.792. The molecule has 0 aliphatic heterocycles. The Morgan fingerprint density at radius 3 is 2.73 bits per heavy atom. The second-order valence-electron chi connectivity index (χ2n) is 3.20. The highest BCUT2D eigenvalue weighted by atomic mass is 35.5. The molecule has 0 saturated heterocycles. The smallest absolute Gasteiger partial charge is 0.321 e. The summed E-state index contributed by atoms with van der Waals surface area (Å²) in [7, 11) is 1.51. The first-order valence-electron chi connectivity index (χ1n) is 4.74. The van der Waals surface area contributed by atoms with Crippen molar-refractivity contribution in [2.24, 2.45) is 5.92 Å². The molecule has 1 unspecified atom stereocenters. The van der Waals surface area contributed by atoms with Crippen LogP contribution >= 0.6 is 23.4 Å². The summed E-state index contributed by atoms with van der Waals surface area (Å²) >= 11 is 7.29. The van der Waals surface area contributed by atoms with Gasteiger partial charge in [-0.15, -0.1) is 0 Å². The molecule has 0 N–H and O–H groups in total. The van der Waals surface area contributed by atoms with Gasteiger partial charge in [0.2, 0.25) is 5.28 Å². The Morgan fingerprint density at radius 1 is 1.40 bits per heavy atom. The molecule has 15 heavy (non-hydrogen) atoms. The summed E-state index contributed by atoms with van der Waals surface area (Å²) in [6, 6.07) is 0.265. The zero-order valence-electron chi connectivity index (χ0n) is 9.03. The highest BCUT2D eigenvalue weighted by Crippen LogP contribution is 2.20. The lowest BCUT2D eigenvalue weighted by atomic mass is 10.2. The molecule has 0 bridgehead atoms. The summed E-state index contributed by atoms with van der Waals surface area (Å²) in [6.07, 6.45) is 1.14. The number of hydrogen-bond donors (Lipinski definition) is 0. The van der Waals surface area contributed by atoms with Crippen molar-refractivity contribution in [1.82, 2.24) is 15.0 Å². The van der Waals surface area contributed by atoms with Crippen LogP contribution in [0.4, 0.5) is 0 Å². The molecule has 0 spiro atoms. The highest BCUT2D eigenvalue weighted by molar-refractivity contribution is 7.99. The van der Waals surface area contributed by atoms with Gasteiger partial charge < -0.3 is 4.74 Å². The number of nitrogens with zero attached hydrogens (tertiary/aromatic N) is 3. The van der Waals surface area contributed by atoms with Gasteiger partial charge in [0.05, 0.1) is 7.11 Å². The average molecular weight is 248 g/mol. The van der Waals surface area contributed by atoms with Crippen LogP contribution in [-0.2, 0) is 0 Å². The summed E-state index contributed by atoms with van der Waals surface area (Å²) in [5.74, 6) is 1.61. The number of ether oxygens (including phenoxy) is 1. The molecule has 0 amide bonds. The number of rotatable bonds is 5. The van der Waals surface area contributed by atoms with E-state index in [1.165, 1.54) is 7.11 Å². The van der Waals surface area contributed by atoms with E-state index in [4.69, 9.17) is 16.3 Å². The Bertz CT molecular complexity index is 324. The minimum Gasteiger partial charge on any atom is -0.467 e. The maximum Gasteiger partial charge on any atom is 0.321 e. The first-order valence-corrected chi connectivity index (χ1v) is 6.10.